The number of amides is 2. The van der Waals surface area contributed by atoms with Crippen molar-refractivity contribution in [3.8, 4) is 0 Å². The summed E-state index contributed by atoms with van der Waals surface area (Å²) in [6, 6.07) is 18.9. The SMILES string of the molecule is CC(C(=O)Nc1ccc(Cl)cc1)c1ccc2c(c1)CC(F)CN2C(=O)c1cccc(Cl)c1. The number of nitrogens with one attached hydrogen (secondary N) is 1. The number of carbonyl (C=O) groups excluding carboxylic acids is 2. The fourth-order valence-corrected chi connectivity index (χ4v) is 4.12. The van der Waals surface area contributed by atoms with Crippen molar-refractivity contribution in [1.82, 2.24) is 0 Å². The first-order valence-electron chi connectivity index (χ1n) is 10.2. The van der Waals surface area contributed by atoms with Gasteiger partial charge in [0.2, 0.25) is 5.91 Å². The number of benzene rings is 3. The molecular weight excluding hydrogens is 450 g/mol. The first kappa shape index (κ1) is 22.3. The van der Waals surface area contributed by atoms with Crippen molar-refractivity contribution < 1.29 is 14.0 Å². The molecule has 0 fully saturated rings. The molecule has 0 aliphatic carbocycles. The van der Waals surface area contributed by atoms with Gasteiger partial charge < -0.3 is 10.2 Å². The first-order chi connectivity index (χ1) is 15.3. The Balaban J connectivity index is 1.57. The molecule has 0 saturated heterocycles. The molecule has 7 heteroatoms. The van der Waals surface area contributed by atoms with E-state index in [1.54, 1.807) is 61.5 Å². The van der Waals surface area contributed by atoms with E-state index in [4.69, 9.17) is 23.2 Å². The van der Waals surface area contributed by atoms with Crippen molar-refractivity contribution in [2.45, 2.75) is 25.4 Å². The summed E-state index contributed by atoms with van der Waals surface area (Å²) in [7, 11) is 0. The second kappa shape index (κ2) is 9.31. The van der Waals surface area contributed by atoms with Gasteiger partial charge in [-0.15, -0.1) is 0 Å². The van der Waals surface area contributed by atoms with Gasteiger partial charge in [0.1, 0.15) is 6.17 Å². The monoisotopic (exact) mass is 470 g/mol. The van der Waals surface area contributed by atoms with Crippen LogP contribution in [0.3, 0.4) is 0 Å². The quantitative estimate of drug-likeness (QED) is 0.487. The summed E-state index contributed by atoms with van der Waals surface area (Å²) in [6.07, 6.45) is -1.01. The maximum absolute atomic E-state index is 14.6. The summed E-state index contributed by atoms with van der Waals surface area (Å²) < 4.78 is 14.6. The maximum atomic E-state index is 14.6. The number of hydrogen-bond donors (Lipinski definition) is 1. The Morgan fingerprint density at radius 3 is 2.50 bits per heavy atom. The third kappa shape index (κ3) is 4.79. The lowest BCUT2D eigenvalue weighted by atomic mass is 9.92. The van der Waals surface area contributed by atoms with Gasteiger partial charge in [-0.05, 0) is 66.6 Å². The topological polar surface area (TPSA) is 49.4 Å². The van der Waals surface area contributed by atoms with Crippen LogP contribution in [0.15, 0.2) is 66.7 Å². The molecule has 2 unspecified atom stereocenters. The predicted molar refractivity (Wildman–Crippen MR) is 127 cm³/mol. The van der Waals surface area contributed by atoms with Crippen LogP contribution in [0.1, 0.15) is 34.3 Å². The van der Waals surface area contributed by atoms with E-state index >= 15 is 0 Å². The normalized spacial score (nSPS) is 16.2. The van der Waals surface area contributed by atoms with Crippen LogP contribution in [-0.2, 0) is 11.2 Å². The number of carbonyl (C=O) groups is 2. The molecule has 3 aromatic carbocycles. The van der Waals surface area contributed by atoms with Crippen LogP contribution in [0.2, 0.25) is 10.0 Å². The Hall–Kier alpha value is -2.89. The average Bonchev–Trinajstić information content (AvgIpc) is 2.78. The minimum atomic E-state index is -1.20. The molecule has 1 N–H and O–H groups in total. The van der Waals surface area contributed by atoms with Crippen LogP contribution in [0, 0.1) is 0 Å². The predicted octanol–water partition coefficient (Wildman–Crippen LogP) is 6.28. The highest BCUT2D eigenvalue weighted by Gasteiger charge is 2.30. The molecule has 1 heterocycles. The fourth-order valence-electron chi connectivity index (χ4n) is 3.81. The van der Waals surface area contributed by atoms with E-state index < -0.39 is 12.1 Å². The summed E-state index contributed by atoms with van der Waals surface area (Å²) in [6.45, 7) is 1.77. The molecule has 0 bridgehead atoms. The molecule has 1 aliphatic rings. The van der Waals surface area contributed by atoms with Crippen LogP contribution in [0.5, 0.6) is 0 Å². The Kier molecular flexibility index (Phi) is 6.49. The standard InChI is InChI=1S/C25H21Cl2FN2O2/c1-15(24(31)29-22-8-6-19(26)7-9-22)16-5-10-23-18(11-16)13-21(28)14-30(23)25(32)17-3-2-4-20(27)12-17/h2-12,15,21H,13-14H2,1H3,(H,29,31). The summed E-state index contributed by atoms with van der Waals surface area (Å²) in [5.74, 6) is -0.961. The van der Waals surface area contributed by atoms with Gasteiger partial charge in [0.05, 0.1) is 12.5 Å². The largest absolute Gasteiger partial charge is 0.326 e. The number of anilines is 2. The number of fused-ring (bicyclic) bond motifs is 1. The second-order valence-electron chi connectivity index (χ2n) is 7.83. The first-order valence-corrected chi connectivity index (χ1v) is 11.0. The zero-order valence-corrected chi connectivity index (χ0v) is 18.8. The number of halogens is 3. The molecule has 0 aromatic heterocycles. The molecule has 2 atom stereocenters. The number of hydrogen-bond acceptors (Lipinski definition) is 2. The maximum Gasteiger partial charge on any atom is 0.258 e. The van der Waals surface area contributed by atoms with Crippen molar-refractivity contribution in [2.75, 3.05) is 16.8 Å². The van der Waals surface area contributed by atoms with E-state index in [-0.39, 0.29) is 24.8 Å². The second-order valence-corrected chi connectivity index (χ2v) is 8.71. The van der Waals surface area contributed by atoms with Gasteiger partial charge >= 0.3 is 0 Å². The van der Waals surface area contributed by atoms with Crippen LogP contribution >= 0.6 is 23.2 Å². The molecule has 164 valence electrons. The van der Waals surface area contributed by atoms with Crippen molar-refractivity contribution in [2.24, 2.45) is 0 Å². The Morgan fingerprint density at radius 2 is 1.78 bits per heavy atom. The molecule has 1 aliphatic heterocycles. The fraction of sp³-hybridized carbons (Fsp3) is 0.200. The summed E-state index contributed by atoms with van der Waals surface area (Å²) in [4.78, 5) is 27.2. The third-order valence-corrected chi connectivity index (χ3v) is 6.03. The van der Waals surface area contributed by atoms with E-state index in [1.165, 1.54) is 4.90 Å². The van der Waals surface area contributed by atoms with E-state index in [0.29, 0.717) is 32.5 Å². The smallest absolute Gasteiger partial charge is 0.258 e. The van der Waals surface area contributed by atoms with Crippen molar-refractivity contribution in [1.29, 1.82) is 0 Å². The van der Waals surface area contributed by atoms with Gasteiger partial charge in [-0.2, -0.15) is 0 Å². The number of nitrogens with zero attached hydrogens (tertiary/aromatic N) is 1. The highest BCUT2D eigenvalue weighted by Crippen LogP contribution is 2.33. The summed E-state index contributed by atoms with van der Waals surface area (Å²) >= 11 is 11.9. The average molecular weight is 471 g/mol. The third-order valence-electron chi connectivity index (χ3n) is 5.54. The molecule has 4 nitrogen and oxygen atoms in total. The van der Waals surface area contributed by atoms with E-state index in [2.05, 4.69) is 5.32 Å². The Labute approximate surface area is 195 Å². The van der Waals surface area contributed by atoms with Gasteiger partial charge in [0, 0.05) is 33.4 Å². The highest BCUT2D eigenvalue weighted by molar-refractivity contribution is 6.31. The lowest BCUT2D eigenvalue weighted by Crippen LogP contribution is -2.41. The van der Waals surface area contributed by atoms with Gasteiger partial charge in [-0.1, -0.05) is 41.4 Å². The molecule has 4 rings (SSSR count). The van der Waals surface area contributed by atoms with E-state index in [1.807, 2.05) is 12.1 Å². The molecular formula is C25H21Cl2FN2O2. The Morgan fingerprint density at radius 1 is 1.03 bits per heavy atom. The van der Waals surface area contributed by atoms with Gasteiger partial charge in [-0.25, -0.2) is 4.39 Å². The van der Waals surface area contributed by atoms with Gasteiger partial charge in [0.15, 0.2) is 0 Å². The molecule has 3 aromatic rings. The van der Waals surface area contributed by atoms with Gasteiger partial charge in [-0.3, -0.25) is 9.59 Å². The summed E-state index contributed by atoms with van der Waals surface area (Å²) in [5, 5.41) is 3.89. The van der Waals surface area contributed by atoms with Crippen molar-refractivity contribution >= 4 is 46.4 Å². The van der Waals surface area contributed by atoms with Gasteiger partial charge in [0.25, 0.3) is 5.91 Å². The van der Waals surface area contributed by atoms with E-state index in [0.717, 1.165) is 5.56 Å². The molecule has 0 radical (unpaired) electrons. The zero-order chi connectivity index (χ0) is 22.8. The van der Waals surface area contributed by atoms with Crippen LogP contribution in [0.25, 0.3) is 0 Å². The van der Waals surface area contributed by atoms with Crippen molar-refractivity contribution in [3.05, 3.63) is 93.5 Å². The molecule has 0 saturated carbocycles. The van der Waals surface area contributed by atoms with Crippen molar-refractivity contribution in [3.63, 3.8) is 0 Å². The number of alkyl halides is 1. The minimum Gasteiger partial charge on any atom is -0.326 e. The molecule has 2 amide bonds. The summed E-state index contributed by atoms with van der Waals surface area (Å²) in [5.41, 5.74) is 3.14. The number of rotatable bonds is 4. The highest BCUT2D eigenvalue weighted by atomic mass is 35.5. The zero-order valence-electron chi connectivity index (χ0n) is 17.3. The van der Waals surface area contributed by atoms with Crippen LogP contribution in [-0.4, -0.2) is 24.5 Å². The Bertz CT molecular complexity index is 1170. The minimum absolute atomic E-state index is 0.0235. The van der Waals surface area contributed by atoms with E-state index in [9.17, 15) is 14.0 Å². The van der Waals surface area contributed by atoms with Crippen LogP contribution in [0.4, 0.5) is 15.8 Å². The lowest BCUT2D eigenvalue weighted by Gasteiger charge is -2.32. The lowest BCUT2D eigenvalue weighted by molar-refractivity contribution is -0.117. The molecule has 0 spiro atoms. The molecule has 32 heavy (non-hydrogen) atoms. The van der Waals surface area contributed by atoms with Crippen LogP contribution < -0.4 is 10.2 Å².